The lowest BCUT2D eigenvalue weighted by Crippen LogP contribution is -2.13. The van der Waals surface area contributed by atoms with Gasteiger partial charge in [0, 0.05) is 6.61 Å². The molecule has 0 aliphatic heterocycles. The largest absolute Gasteiger partial charge is 0.410 e. The van der Waals surface area contributed by atoms with Crippen molar-refractivity contribution in [2.45, 2.75) is 24.8 Å². The van der Waals surface area contributed by atoms with Crippen LogP contribution in [0.25, 0.3) is 0 Å². The molecule has 9 nitrogen and oxygen atoms in total. The maximum Gasteiger partial charge on any atom is 0.410 e. The van der Waals surface area contributed by atoms with Crippen LogP contribution in [0.3, 0.4) is 0 Å². The first-order valence-corrected chi connectivity index (χ1v) is 6.73. The Morgan fingerprint density at radius 1 is 1.56 bits per heavy atom. The standard InChI is InChI=1S/C8H14N4O5S/c1-2-4-17-5-3-11-6-7(18(9,15)16)8(10-11)12(13)14/h6H,2-5H2,1H3,(H2,9,15,16). The number of hydrogen-bond donors (Lipinski definition) is 1. The first kappa shape index (κ1) is 14.5. The second kappa shape index (κ2) is 5.89. The maximum atomic E-state index is 11.1. The third-order valence-corrected chi connectivity index (χ3v) is 2.90. The van der Waals surface area contributed by atoms with Gasteiger partial charge in [-0.15, -0.1) is 0 Å². The van der Waals surface area contributed by atoms with E-state index in [0.717, 1.165) is 17.3 Å². The Morgan fingerprint density at radius 3 is 2.67 bits per heavy atom. The van der Waals surface area contributed by atoms with E-state index in [0.29, 0.717) is 6.61 Å². The van der Waals surface area contributed by atoms with E-state index in [4.69, 9.17) is 9.88 Å². The normalized spacial score (nSPS) is 11.7. The Morgan fingerprint density at radius 2 is 2.22 bits per heavy atom. The van der Waals surface area contributed by atoms with E-state index in [1.165, 1.54) is 0 Å². The molecule has 2 N–H and O–H groups in total. The summed E-state index contributed by atoms with van der Waals surface area (Å²) in [6.45, 7) is 3.01. The van der Waals surface area contributed by atoms with Gasteiger partial charge >= 0.3 is 5.82 Å². The van der Waals surface area contributed by atoms with Gasteiger partial charge < -0.3 is 14.9 Å². The minimum Gasteiger partial charge on any atom is -0.379 e. The van der Waals surface area contributed by atoms with Crippen molar-refractivity contribution >= 4 is 15.8 Å². The highest BCUT2D eigenvalue weighted by atomic mass is 32.2. The van der Waals surface area contributed by atoms with Crippen molar-refractivity contribution in [2.24, 2.45) is 5.14 Å². The molecule has 102 valence electrons. The van der Waals surface area contributed by atoms with Gasteiger partial charge in [-0.05, 0) is 11.3 Å². The predicted molar refractivity (Wildman–Crippen MR) is 61.4 cm³/mol. The van der Waals surface area contributed by atoms with E-state index in [1.807, 2.05) is 6.92 Å². The Balaban J connectivity index is 2.87. The van der Waals surface area contributed by atoms with Gasteiger partial charge in [-0.1, -0.05) is 6.92 Å². The number of ether oxygens (including phenoxy) is 1. The third-order valence-electron chi connectivity index (χ3n) is 2.00. The van der Waals surface area contributed by atoms with Crippen LogP contribution >= 0.6 is 0 Å². The van der Waals surface area contributed by atoms with Crippen LogP contribution in [0, 0.1) is 10.1 Å². The van der Waals surface area contributed by atoms with Crippen LogP contribution in [0.4, 0.5) is 5.82 Å². The van der Waals surface area contributed by atoms with Gasteiger partial charge in [0.25, 0.3) is 0 Å². The molecule has 10 heteroatoms. The molecule has 1 rings (SSSR count). The van der Waals surface area contributed by atoms with Gasteiger partial charge in [0.15, 0.2) is 0 Å². The predicted octanol–water partition coefficient (Wildman–Crippen LogP) is -0.135. The molecule has 0 saturated heterocycles. The fraction of sp³-hybridized carbons (Fsp3) is 0.625. The highest BCUT2D eigenvalue weighted by Crippen LogP contribution is 2.19. The van der Waals surface area contributed by atoms with Gasteiger partial charge in [0.2, 0.25) is 14.9 Å². The van der Waals surface area contributed by atoms with E-state index in [9.17, 15) is 18.5 Å². The molecule has 0 fully saturated rings. The van der Waals surface area contributed by atoms with Crippen molar-refractivity contribution in [1.29, 1.82) is 0 Å². The molecular formula is C8H14N4O5S. The second-order valence-corrected chi connectivity index (χ2v) is 5.02. The summed E-state index contributed by atoms with van der Waals surface area (Å²) < 4.78 is 28.6. The highest BCUT2D eigenvalue weighted by molar-refractivity contribution is 7.89. The van der Waals surface area contributed by atoms with Gasteiger partial charge in [-0.2, -0.15) is 4.68 Å². The molecule has 0 saturated carbocycles. The highest BCUT2D eigenvalue weighted by Gasteiger charge is 2.28. The number of nitro groups is 1. The number of aromatic nitrogens is 2. The molecule has 0 atom stereocenters. The number of nitrogens with zero attached hydrogens (tertiary/aromatic N) is 3. The molecular weight excluding hydrogens is 264 g/mol. The third kappa shape index (κ3) is 3.75. The van der Waals surface area contributed by atoms with E-state index in [-0.39, 0.29) is 13.2 Å². The molecule has 18 heavy (non-hydrogen) atoms. The summed E-state index contributed by atoms with van der Waals surface area (Å²) in [5.41, 5.74) is 0. The first-order chi connectivity index (χ1) is 8.36. The van der Waals surface area contributed by atoms with E-state index < -0.39 is 25.7 Å². The molecule has 0 radical (unpaired) electrons. The Bertz CT molecular complexity index is 524. The molecule has 0 aliphatic carbocycles. The van der Waals surface area contributed by atoms with Crippen molar-refractivity contribution in [2.75, 3.05) is 13.2 Å². The molecule has 1 aromatic rings. The average Bonchev–Trinajstić information content (AvgIpc) is 2.68. The second-order valence-electron chi connectivity index (χ2n) is 3.49. The molecule has 0 aliphatic rings. The van der Waals surface area contributed by atoms with Crippen LogP contribution in [-0.2, 0) is 21.3 Å². The molecule has 0 bridgehead atoms. The molecule has 0 aromatic carbocycles. The maximum absolute atomic E-state index is 11.1. The topological polar surface area (TPSA) is 130 Å². The SMILES string of the molecule is CCCOCCn1cc(S(N)(=O)=O)c([N+](=O)[O-])n1. The zero-order valence-electron chi connectivity index (χ0n) is 9.77. The zero-order chi connectivity index (χ0) is 13.8. The summed E-state index contributed by atoms with van der Waals surface area (Å²) in [6.07, 6.45) is 1.88. The summed E-state index contributed by atoms with van der Waals surface area (Å²) in [6, 6.07) is 0. The van der Waals surface area contributed by atoms with Crippen molar-refractivity contribution in [3.63, 3.8) is 0 Å². The van der Waals surface area contributed by atoms with Crippen LogP contribution < -0.4 is 5.14 Å². The summed E-state index contributed by atoms with van der Waals surface area (Å²) in [7, 11) is -4.16. The van der Waals surface area contributed by atoms with Crippen LogP contribution in [0.2, 0.25) is 0 Å². The number of nitrogens with two attached hydrogens (primary N) is 1. The lowest BCUT2D eigenvalue weighted by Gasteiger charge is -1.99. The monoisotopic (exact) mass is 278 g/mol. The van der Waals surface area contributed by atoms with Gasteiger partial charge in [0.1, 0.15) is 0 Å². The Hall–Kier alpha value is -1.52. The molecule has 1 heterocycles. The van der Waals surface area contributed by atoms with Crippen molar-refractivity contribution in [1.82, 2.24) is 9.78 Å². The minimum absolute atomic E-state index is 0.219. The van der Waals surface area contributed by atoms with Crippen LogP contribution in [0.1, 0.15) is 13.3 Å². The van der Waals surface area contributed by atoms with Gasteiger partial charge in [0.05, 0.1) is 24.4 Å². The van der Waals surface area contributed by atoms with E-state index >= 15 is 0 Å². The van der Waals surface area contributed by atoms with Crippen LogP contribution in [-0.4, -0.2) is 36.3 Å². The Labute approximate surface area is 104 Å². The fourth-order valence-corrected chi connectivity index (χ4v) is 1.88. The van der Waals surface area contributed by atoms with Crippen LogP contribution in [0.5, 0.6) is 0 Å². The number of primary sulfonamides is 1. The van der Waals surface area contributed by atoms with Crippen molar-refractivity contribution in [3.8, 4) is 0 Å². The summed E-state index contributed by atoms with van der Waals surface area (Å²) in [5.74, 6) is -0.770. The van der Waals surface area contributed by atoms with E-state index in [1.54, 1.807) is 0 Å². The summed E-state index contributed by atoms with van der Waals surface area (Å²) >= 11 is 0. The van der Waals surface area contributed by atoms with Crippen LogP contribution in [0.15, 0.2) is 11.1 Å². The lowest BCUT2D eigenvalue weighted by molar-refractivity contribution is -0.392. The number of sulfonamides is 1. The minimum atomic E-state index is -4.16. The molecule has 0 spiro atoms. The number of rotatable bonds is 7. The molecule has 1 aromatic heterocycles. The smallest absolute Gasteiger partial charge is 0.379 e. The van der Waals surface area contributed by atoms with Crippen molar-refractivity contribution < 1.29 is 18.1 Å². The molecule has 0 amide bonds. The summed E-state index contributed by atoms with van der Waals surface area (Å²) in [4.78, 5) is 9.16. The Kier molecular flexibility index (Phi) is 4.76. The average molecular weight is 278 g/mol. The van der Waals surface area contributed by atoms with E-state index in [2.05, 4.69) is 5.10 Å². The first-order valence-electron chi connectivity index (χ1n) is 5.18. The van der Waals surface area contributed by atoms with Gasteiger partial charge in [-0.3, -0.25) is 0 Å². The zero-order valence-corrected chi connectivity index (χ0v) is 10.6. The summed E-state index contributed by atoms with van der Waals surface area (Å²) in [5, 5.41) is 19.1. The fourth-order valence-electron chi connectivity index (χ4n) is 1.24. The number of hydrogen-bond acceptors (Lipinski definition) is 6. The van der Waals surface area contributed by atoms with Gasteiger partial charge in [-0.25, -0.2) is 13.6 Å². The quantitative estimate of drug-likeness (QED) is 0.420. The van der Waals surface area contributed by atoms with Crippen molar-refractivity contribution in [3.05, 3.63) is 16.3 Å². The molecule has 0 unspecified atom stereocenters. The lowest BCUT2D eigenvalue weighted by atomic mass is 10.5.